The van der Waals surface area contributed by atoms with E-state index in [1.807, 2.05) is 44.2 Å². The predicted octanol–water partition coefficient (Wildman–Crippen LogP) is 2.18. The number of nitrogens with one attached hydrogen (secondary N) is 2. The third kappa shape index (κ3) is 4.77. The maximum atomic E-state index is 12.0. The van der Waals surface area contributed by atoms with Crippen LogP contribution in [-0.2, 0) is 9.47 Å². The second kappa shape index (κ2) is 7.62. The minimum atomic E-state index is -0.546. The number of nitrogens with zero attached hydrogens (tertiary/aromatic N) is 3. The van der Waals surface area contributed by atoms with Crippen LogP contribution in [0.3, 0.4) is 0 Å². The lowest BCUT2D eigenvalue weighted by molar-refractivity contribution is -0.153. The number of hydrogen-bond acceptors (Lipinski definition) is 5. The quantitative estimate of drug-likeness (QED) is 0.837. The largest absolute Gasteiger partial charge is 0.348 e. The molecule has 25 heavy (non-hydrogen) atoms. The summed E-state index contributed by atoms with van der Waals surface area (Å²) >= 11 is 0. The highest BCUT2D eigenvalue weighted by Crippen LogP contribution is 2.26. The van der Waals surface area contributed by atoms with Crippen molar-refractivity contribution in [2.75, 3.05) is 25.1 Å². The minimum absolute atomic E-state index is 0.217. The number of para-hydroxylation sites is 1. The Morgan fingerprint density at radius 1 is 1.32 bits per heavy atom. The molecule has 1 aliphatic rings. The molecule has 2 aromatic rings. The fourth-order valence-corrected chi connectivity index (χ4v) is 2.81. The molecule has 1 atom stereocenters. The van der Waals surface area contributed by atoms with Gasteiger partial charge in [-0.15, -0.1) is 9.90 Å². The Balaban J connectivity index is 1.46. The van der Waals surface area contributed by atoms with Crippen LogP contribution in [0.1, 0.15) is 20.3 Å². The number of carbonyl (C=O) groups excluding carboxylic acids is 1. The zero-order valence-corrected chi connectivity index (χ0v) is 14.4. The van der Waals surface area contributed by atoms with E-state index >= 15 is 0 Å². The Labute approximate surface area is 146 Å². The monoisotopic (exact) mass is 345 g/mol. The van der Waals surface area contributed by atoms with Crippen molar-refractivity contribution in [3.63, 3.8) is 0 Å². The van der Waals surface area contributed by atoms with Crippen LogP contribution in [0.15, 0.2) is 36.5 Å². The van der Waals surface area contributed by atoms with Crippen LogP contribution >= 0.6 is 0 Å². The molecular formula is C17H23N5O3. The molecule has 0 spiro atoms. The van der Waals surface area contributed by atoms with E-state index in [0.29, 0.717) is 25.6 Å². The highest BCUT2D eigenvalue weighted by atomic mass is 16.7. The van der Waals surface area contributed by atoms with Gasteiger partial charge in [-0.3, -0.25) is 5.32 Å². The number of benzene rings is 1. The van der Waals surface area contributed by atoms with Gasteiger partial charge >= 0.3 is 6.03 Å². The molecule has 0 radical (unpaired) electrons. The van der Waals surface area contributed by atoms with E-state index in [9.17, 15) is 4.79 Å². The van der Waals surface area contributed by atoms with Crippen LogP contribution in [0.25, 0.3) is 5.69 Å². The van der Waals surface area contributed by atoms with Crippen molar-refractivity contribution in [3.8, 4) is 5.69 Å². The SMILES string of the molecule is CC(CNC(=O)Nc1cnn(-c2ccccc2)n1)CC1(C)OCCO1. The van der Waals surface area contributed by atoms with Gasteiger partial charge in [-0.2, -0.15) is 5.10 Å². The first kappa shape index (κ1) is 17.4. The molecule has 134 valence electrons. The van der Waals surface area contributed by atoms with Crippen molar-refractivity contribution in [1.29, 1.82) is 0 Å². The van der Waals surface area contributed by atoms with Crippen LogP contribution in [0.4, 0.5) is 10.6 Å². The number of carbonyl (C=O) groups is 1. The summed E-state index contributed by atoms with van der Waals surface area (Å²) in [6.07, 6.45) is 2.23. The molecule has 1 aromatic carbocycles. The van der Waals surface area contributed by atoms with E-state index < -0.39 is 5.79 Å². The molecule has 1 unspecified atom stereocenters. The summed E-state index contributed by atoms with van der Waals surface area (Å²) in [5, 5.41) is 13.9. The number of aromatic nitrogens is 3. The Bertz CT molecular complexity index is 697. The van der Waals surface area contributed by atoms with Crippen LogP contribution in [0.2, 0.25) is 0 Å². The molecule has 1 saturated heterocycles. The van der Waals surface area contributed by atoms with Gasteiger partial charge in [-0.25, -0.2) is 4.79 Å². The van der Waals surface area contributed by atoms with Crippen molar-refractivity contribution in [3.05, 3.63) is 36.5 Å². The molecule has 8 nitrogen and oxygen atoms in total. The molecule has 8 heteroatoms. The topological polar surface area (TPSA) is 90.3 Å². The van der Waals surface area contributed by atoms with Crippen molar-refractivity contribution in [1.82, 2.24) is 20.3 Å². The highest BCUT2D eigenvalue weighted by Gasteiger charge is 2.32. The van der Waals surface area contributed by atoms with E-state index in [1.54, 1.807) is 0 Å². The molecule has 1 aromatic heterocycles. The zero-order valence-electron chi connectivity index (χ0n) is 14.4. The highest BCUT2D eigenvalue weighted by molar-refractivity contribution is 5.87. The second-order valence-electron chi connectivity index (χ2n) is 6.33. The molecule has 1 aliphatic heterocycles. The number of rotatable bonds is 6. The van der Waals surface area contributed by atoms with Crippen molar-refractivity contribution >= 4 is 11.8 Å². The fourth-order valence-electron chi connectivity index (χ4n) is 2.81. The van der Waals surface area contributed by atoms with Gasteiger partial charge < -0.3 is 14.8 Å². The van der Waals surface area contributed by atoms with Gasteiger partial charge in [0.25, 0.3) is 0 Å². The summed E-state index contributed by atoms with van der Waals surface area (Å²) in [5.41, 5.74) is 0.828. The molecule has 2 amide bonds. The summed E-state index contributed by atoms with van der Waals surface area (Å²) < 4.78 is 11.2. The lowest BCUT2D eigenvalue weighted by Crippen LogP contribution is -2.36. The van der Waals surface area contributed by atoms with Crippen LogP contribution in [0.5, 0.6) is 0 Å². The van der Waals surface area contributed by atoms with Crippen LogP contribution in [-0.4, -0.2) is 46.6 Å². The predicted molar refractivity (Wildman–Crippen MR) is 92.5 cm³/mol. The molecule has 2 heterocycles. The number of ether oxygens (including phenoxy) is 2. The average molecular weight is 345 g/mol. The summed E-state index contributed by atoms with van der Waals surface area (Å²) in [7, 11) is 0. The molecule has 0 bridgehead atoms. The van der Waals surface area contributed by atoms with Gasteiger partial charge in [-0.1, -0.05) is 25.1 Å². The number of hydrogen-bond donors (Lipinski definition) is 2. The molecule has 0 aliphatic carbocycles. The van der Waals surface area contributed by atoms with E-state index in [2.05, 4.69) is 20.8 Å². The van der Waals surface area contributed by atoms with E-state index in [0.717, 1.165) is 12.1 Å². The van der Waals surface area contributed by atoms with Crippen molar-refractivity contribution in [2.24, 2.45) is 5.92 Å². The Hall–Kier alpha value is -2.45. The zero-order chi connectivity index (χ0) is 17.7. The van der Waals surface area contributed by atoms with Gasteiger partial charge in [-0.05, 0) is 25.0 Å². The van der Waals surface area contributed by atoms with E-state index in [4.69, 9.17) is 9.47 Å². The van der Waals surface area contributed by atoms with Gasteiger partial charge in [0.2, 0.25) is 0 Å². The maximum Gasteiger partial charge on any atom is 0.320 e. The number of urea groups is 1. The first-order valence-electron chi connectivity index (χ1n) is 8.35. The minimum Gasteiger partial charge on any atom is -0.348 e. The van der Waals surface area contributed by atoms with E-state index in [1.165, 1.54) is 11.0 Å². The number of amides is 2. The van der Waals surface area contributed by atoms with Crippen molar-refractivity contribution in [2.45, 2.75) is 26.1 Å². The third-order valence-electron chi connectivity index (χ3n) is 3.95. The fraction of sp³-hybridized carbons (Fsp3) is 0.471. The summed E-state index contributed by atoms with van der Waals surface area (Å²) in [4.78, 5) is 13.5. The normalized spacial score (nSPS) is 17.2. The Morgan fingerprint density at radius 3 is 2.76 bits per heavy atom. The molecule has 1 fully saturated rings. The van der Waals surface area contributed by atoms with Gasteiger partial charge in [0, 0.05) is 13.0 Å². The van der Waals surface area contributed by atoms with Gasteiger partial charge in [0.1, 0.15) is 0 Å². The van der Waals surface area contributed by atoms with E-state index in [-0.39, 0.29) is 11.9 Å². The maximum absolute atomic E-state index is 12.0. The lowest BCUT2D eigenvalue weighted by Gasteiger charge is -2.25. The van der Waals surface area contributed by atoms with Crippen molar-refractivity contribution < 1.29 is 14.3 Å². The standard InChI is InChI=1S/C17H23N5O3/c1-13(10-17(2)24-8-9-25-17)11-18-16(23)20-15-12-19-22(21-15)14-6-4-3-5-7-14/h3-7,12-13H,8-11H2,1-2H3,(H2,18,20,21,23). The van der Waals surface area contributed by atoms with Crippen LogP contribution in [0, 0.1) is 5.92 Å². The molecule has 2 N–H and O–H groups in total. The Kier molecular flexibility index (Phi) is 5.30. The average Bonchev–Trinajstić information content (AvgIpc) is 3.23. The summed E-state index contributed by atoms with van der Waals surface area (Å²) in [5.74, 6) is 0.0629. The number of anilines is 1. The summed E-state index contributed by atoms with van der Waals surface area (Å²) in [6, 6.07) is 9.18. The molecular weight excluding hydrogens is 322 g/mol. The van der Waals surface area contributed by atoms with Gasteiger partial charge in [0.15, 0.2) is 11.6 Å². The first-order chi connectivity index (χ1) is 12.0. The van der Waals surface area contributed by atoms with Crippen LogP contribution < -0.4 is 10.6 Å². The molecule has 3 rings (SSSR count). The molecule has 0 saturated carbocycles. The lowest BCUT2D eigenvalue weighted by atomic mass is 10.0. The van der Waals surface area contributed by atoms with Gasteiger partial charge in [0.05, 0.1) is 25.1 Å². The Morgan fingerprint density at radius 2 is 2.04 bits per heavy atom. The third-order valence-corrected chi connectivity index (χ3v) is 3.95. The second-order valence-corrected chi connectivity index (χ2v) is 6.33. The summed E-state index contributed by atoms with van der Waals surface area (Å²) in [6.45, 7) is 5.73. The smallest absolute Gasteiger partial charge is 0.320 e. The first-order valence-corrected chi connectivity index (χ1v) is 8.35.